The molecule has 3 rings (SSSR count). The molecule has 0 aliphatic rings. The lowest BCUT2D eigenvalue weighted by atomic mass is 10.1. The third kappa shape index (κ3) is 3.21. The van der Waals surface area contributed by atoms with Crippen LogP contribution in [0.3, 0.4) is 0 Å². The molecule has 122 valence electrons. The van der Waals surface area contributed by atoms with Gasteiger partial charge in [-0.15, -0.1) is 11.3 Å². The Balaban J connectivity index is 2.05. The summed E-state index contributed by atoms with van der Waals surface area (Å²) in [6, 6.07) is 13.8. The van der Waals surface area contributed by atoms with Crippen LogP contribution in [0.25, 0.3) is 11.3 Å². The van der Waals surface area contributed by atoms with Crippen LogP contribution < -0.4 is 4.80 Å². The van der Waals surface area contributed by atoms with Crippen LogP contribution in [0.4, 0.5) is 4.39 Å². The van der Waals surface area contributed by atoms with Gasteiger partial charge in [0.1, 0.15) is 5.82 Å². The Kier molecular flexibility index (Phi) is 4.44. The van der Waals surface area contributed by atoms with Gasteiger partial charge in [0.2, 0.25) is 0 Å². The van der Waals surface area contributed by atoms with Crippen molar-refractivity contribution in [2.75, 3.05) is 0 Å². The number of carbonyl (C=O) groups excluding carboxylic acids is 1. The SMILES string of the molecule is Cc1ccc(-c2c(C)sc(=NC(=O)c3cccc(F)c3)n2C)cc1. The molecule has 0 saturated carbocycles. The van der Waals surface area contributed by atoms with Gasteiger partial charge >= 0.3 is 0 Å². The molecule has 2 aromatic carbocycles. The monoisotopic (exact) mass is 340 g/mol. The topological polar surface area (TPSA) is 34.4 Å². The van der Waals surface area contributed by atoms with E-state index in [1.54, 1.807) is 6.07 Å². The normalized spacial score (nSPS) is 11.8. The molecular formula is C19H17FN2OS. The van der Waals surface area contributed by atoms with Gasteiger partial charge in [-0.25, -0.2) is 4.39 Å². The molecule has 0 N–H and O–H groups in total. The average Bonchev–Trinajstić information content (AvgIpc) is 2.82. The third-order valence-electron chi connectivity index (χ3n) is 3.79. The van der Waals surface area contributed by atoms with Crippen LogP contribution in [0.1, 0.15) is 20.8 Å². The fourth-order valence-corrected chi connectivity index (χ4v) is 3.55. The number of benzene rings is 2. The first-order valence-electron chi connectivity index (χ1n) is 7.54. The van der Waals surface area contributed by atoms with Gasteiger partial charge in [0.25, 0.3) is 5.91 Å². The maximum atomic E-state index is 13.3. The van der Waals surface area contributed by atoms with Crippen molar-refractivity contribution in [2.24, 2.45) is 12.0 Å². The van der Waals surface area contributed by atoms with E-state index in [1.165, 1.54) is 35.1 Å². The lowest BCUT2D eigenvalue weighted by molar-refractivity contribution is 0.0997. The number of halogens is 1. The highest BCUT2D eigenvalue weighted by Gasteiger charge is 2.12. The Morgan fingerprint density at radius 1 is 1.12 bits per heavy atom. The van der Waals surface area contributed by atoms with Crippen molar-refractivity contribution in [3.8, 4) is 11.3 Å². The highest BCUT2D eigenvalue weighted by Crippen LogP contribution is 2.24. The van der Waals surface area contributed by atoms with E-state index in [4.69, 9.17) is 0 Å². The summed E-state index contributed by atoms with van der Waals surface area (Å²) in [7, 11) is 1.89. The zero-order valence-corrected chi connectivity index (χ0v) is 14.5. The minimum Gasteiger partial charge on any atom is -0.319 e. The molecule has 5 heteroatoms. The number of amides is 1. The van der Waals surface area contributed by atoms with Crippen molar-refractivity contribution in [3.63, 3.8) is 0 Å². The fraction of sp³-hybridized carbons (Fsp3) is 0.158. The Bertz CT molecular complexity index is 968. The molecule has 24 heavy (non-hydrogen) atoms. The molecule has 0 fully saturated rings. The summed E-state index contributed by atoms with van der Waals surface area (Å²) in [5, 5.41) is 0. The van der Waals surface area contributed by atoms with Crippen molar-refractivity contribution in [1.82, 2.24) is 4.57 Å². The fourth-order valence-electron chi connectivity index (χ4n) is 2.56. The summed E-state index contributed by atoms with van der Waals surface area (Å²) in [5.74, 6) is -0.884. The second kappa shape index (κ2) is 6.53. The predicted molar refractivity (Wildman–Crippen MR) is 94.5 cm³/mol. The Hall–Kier alpha value is -2.53. The number of aryl methyl sites for hydroxylation is 2. The Labute approximate surface area is 143 Å². The average molecular weight is 340 g/mol. The second-order valence-corrected chi connectivity index (χ2v) is 6.82. The molecule has 0 saturated heterocycles. The Morgan fingerprint density at radius 2 is 1.83 bits per heavy atom. The highest BCUT2D eigenvalue weighted by molar-refractivity contribution is 7.09. The molecule has 0 aliphatic heterocycles. The molecule has 0 radical (unpaired) electrons. The van der Waals surface area contributed by atoms with E-state index in [0.29, 0.717) is 4.80 Å². The van der Waals surface area contributed by atoms with Gasteiger partial charge in [-0.1, -0.05) is 35.9 Å². The lowest BCUT2D eigenvalue weighted by Gasteiger charge is -2.05. The largest absolute Gasteiger partial charge is 0.319 e. The highest BCUT2D eigenvalue weighted by atomic mass is 32.1. The molecular weight excluding hydrogens is 323 g/mol. The molecule has 0 bridgehead atoms. The molecule has 1 aromatic heterocycles. The summed E-state index contributed by atoms with van der Waals surface area (Å²) in [5.41, 5.74) is 3.56. The van der Waals surface area contributed by atoms with Crippen LogP contribution >= 0.6 is 11.3 Å². The van der Waals surface area contributed by atoms with Gasteiger partial charge in [0.15, 0.2) is 4.80 Å². The van der Waals surface area contributed by atoms with Crippen molar-refractivity contribution < 1.29 is 9.18 Å². The van der Waals surface area contributed by atoms with Crippen molar-refractivity contribution >= 4 is 17.2 Å². The van der Waals surface area contributed by atoms with E-state index in [2.05, 4.69) is 29.3 Å². The molecule has 0 aliphatic carbocycles. The van der Waals surface area contributed by atoms with Gasteiger partial charge in [0, 0.05) is 17.5 Å². The Morgan fingerprint density at radius 3 is 2.50 bits per heavy atom. The van der Waals surface area contributed by atoms with Crippen molar-refractivity contribution in [3.05, 3.63) is 75.2 Å². The van der Waals surface area contributed by atoms with Crippen LogP contribution in [0.5, 0.6) is 0 Å². The first-order valence-corrected chi connectivity index (χ1v) is 8.35. The third-order valence-corrected chi connectivity index (χ3v) is 4.84. The number of nitrogens with zero attached hydrogens (tertiary/aromatic N) is 2. The minimum absolute atomic E-state index is 0.248. The lowest BCUT2D eigenvalue weighted by Crippen LogP contribution is -2.14. The molecule has 3 aromatic rings. The summed E-state index contributed by atoms with van der Waals surface area (Å²) in [4.78, 5) is 18.1. The van der Waals surface area contributed by atoms with Gasteiger partial charge in [-0.3, -0.25) is 4.79 Å². The van der Waals surface area contributed by atoms with E-state index in [1.807, 2.05) is 25.5 Å². The van der Waals surface area contributed by atoms with Crippen LogP contribution in [-0.4, -0.2) is 10.5 Å². The summed E-state index contributed by atoms with van der Waals surface area (Å²) in [6.07, 6.45) is 0. The van der Waals surface area contributed by atoms with E-state index >= 15 is 0 Å². The van der Waals surface area contributed by atoms with Gasteiger partial charge < -0.3 is 4.57 Å². The summed E-state index contributed by atoms with van der Waals surface area (Å²) >= 11 is 1.45. The van der Waals surface area contributed by atoms with Crippen LogP contribution in [0.15, 0.2) is 53.5 Å². The van der Waals surface area contributed by atoms with E-state index in [-0.39, 0.29) is 5.56 Å². The van der Waals surface area contributed by atoms with Crippen LogP contribution in [0.2, 0.25) is 0 Å². The maximum Gasteiger partial charge on any atom is 0.279 e. The molecule has 1 amide bonds. The molecule has 1 heterocycles. The predicted octanol–water partition coefficient (Wildman–Crippen LogP) is 4.25. The number of hydrogen-bond donors (Lipinski definition) is 0. The number of carbonyl (C=O) groups is 1. The minimum atomic E-state index is -0.443. The van der Waals surface area contributed by atoms with Crippen molar-refractivity contribution in [1.29, 1.82) is 0 Å². The number of rotatable bonds is 2. The van der Waals surface area contributed by atoms with Gasteiger partial charge in [-0.05, 0) is 37.6 Å². The van der Waals surface area contributed by atoms with Crippen LogP contribution in [-0.2, 0) is 7.05 Å². The van der Waals surface area contributed by atoms with E-state index in [9.17, 15) is 9.18 Å². The smallest absolute Gasteiger partial charge is 0.279 e. The summed E-state index contributed by atoms with van der Waals surface area (Å²) < 4.78 is 15.2. The number of aromatic nitrogens is 1. The van der Waals surface area contributed by atoms with Gasteiger partial charge in [-0.2, -0.15) is 4.99 Å². The zero-order valence-electron chi connectivity index (χ0n) is 13.7. The maximum absolute atomic E-state index is 13.3. The first kappa shape index (κ1) is 16.3. The standard InChI is InChI=1S/C19H17FN2OS/c1-12-7-9-14(10-8-12)17-13(2)24-19(22(17)3)21-18(23)15-5-4-6-16(20)11-15/h4-11H,1-3H3. The quantitative estimate of drug-likeness (QED) is 0.687. The molecule has 0 atom stereocenters. The van der Waals surface area contributed by atoms with Gasteiger partial charge in [0.05, 0.1) is 5.69 Å². The molecule has 3 nitrogen and oxygen atoms in total. The van der Waals surface area contributed by atoms with Crippen LogP contribution in [0, 0.1) is 19.7 Å². The molecule has 0 unspecified atom stereocenters. The van der Waals surface area contributed by atoms with E-state index < -0.39 is 11.7 Å². The number of hydrogen-bond acceptors (Lipinski definition) is 2. The molecule has 0 spiro atoms. The van der Waals surface area contributed by atoms with E-state index in [0.717, 1.165) is 16.1 Å². The zero-order chi connectivity index (χ0) is 17.3. The number of thiazole rings is 1. The first-order chi connectivity index (χ1) is 11.5. The van der Waals surface area contributed by atoms with Crippen molar-refractivity contribution in [2.45, 2.75) is 13.8 Å². The summed E-state index contributed by atoms with van der Waals surface area (Å²) in [6.45, 7) is 4.05. The second-order valence-electron chi connectivity index (χ2n) is 5.64.